The summed E-state index contributed by atoms with van der Waals surface area (Å²) in [5.74, 6) is 0.115. The predicted molar refractivity (Wildman–Crippen MR) is 94.6 cm³/mol. The van der Waals surface area contributed by atoms with E-state index in [0.29, 0.717) is 6.42 Å². The molecule has 0 saturated heterocycles. The zero-order valence-electron chi connectivity index (χ0n) is 14.5. The van der Waals surface area contributed by atoms with E-state index in [-0.39, 0.29) is 11.9 Å². The Morgan fingerprint density at radius 3 is 2.88 bits per heavy atom. The summed E-state index contributed by atoms with van der Waals surface area (Å²) in [4.78, 5) is 14.5. The van der Waals surface area contributed by atoms with Crippen LogP contribution in [0.25, 0.3) is 0 Å². The molecular formula is C19H26N4O. The lowest BCUT2D eigenvalue weighted by molar-refractivity contribution is -0.121. The van der Waals surface area contributed by atoms with Crippen molar-refractivity contribution >= 4 is 5.91 Å². The molecule has 128 valence electrons. The molecule has 5 nitrogen and oxygen atoms in total. The normalized spacial score (nSPS) is 15.8. The smallest absolute Gasteiger partial charge is 0.220 e. The summed E-state index contributed by atoms with van der Waals surface area (Å²) in [6, 6.07) is 8.80. The monoisotopic (exact) mass is 326 g/mol. The quantitative estimate of drug-likeness (QED) is 0.882. The SMILES string of the molecule is C[C@H](CN1CCc2ccccc2C1)NC(=O)CCc1cnn(C)c1. The Bertz CT molecular complexity index is 694. The second-order valence-electron chi connectivity index (χ2n) is 6.74. The molecule has 3 rings (SSSR count). The van der Waals surface area contributed by atoms with Gasteiger partial charge in [0.1, 0.15) is 0 Å². The topological polar surface area (TPSA) is 50.2 Å². The van der Waals surface area contributed by atoms with Gasteiger partial charge >= 0.3 is 0 Å². The standard InChI is InChI=1S/C19H26N4O/c1-15(21-19(24)8-7-16-11-20-22(2)13-16)12-23-10-9-17-5-3-4-6-18(17)14-23/h3-6,11,13,15H,7-10,12,14H2,1-2H3,(H,21,24)/t15-/m1/s1. The van der Waals surface area contributed by atoms with Crippen molar-refractivity contribution < 1.29 is 4.79 Å². The molecule has 0 bridgehead atoms. The lowest BCUT2D eigenvalue weighted by Gasteiger charge is -2.31. The number of fused-ring (bicyclic) bond motifs is 1. The number of amides is 1. The van der Waals surface area contributed by atoms with E-state index in [1.165, 1.54) is 11.1 Å². The first-order chi connectivity index (χ1) is 11.6. The van der Waals surface area contributed by atoms with Crippen molar-refractivity contribution in [3.8, 4) is 0 Å². The minimum atomic E-state index is 0.115. The van der Waals surface area contributed by atoms with Gasteiger partial charge in [-0.15, -0.1) is 0 Å². The maximum atomic E-state index is 12.1. The molecule has 0 fully saturated rings. The van der Waals surface area contributed by atoms with E-state index in [4.69, 9.17) is 0 Å². The second-order valence-corrected chi connectivity index (χ2v) is 6.74. The highest BCUT2D eigenvalue weighted by molar-refractivity contribution is 5.76. The zero-order valence-corrected chi connectivity index (χ0v) is 14.5. The molecule has 1 aromatic carbocycles. The van der Waals surface area contributed by atoms with Crippen molar-refractivity contribution in [3.05, 3.63) is 53.3 Å². The highest BCUT2D eigenvalue weighted by Crippen LogP contribution is 2.18. The van der Waals surface area contributed by atoms with Crippen molar-refractivity contribution in [2.45, 2.75) is 38.8 Å². The lowest BCUT2D eigenvalue weighted by atomic mass is 9.99. The number of nitrogens with zero attached hydrogens (tertiary/aromatic N) is 3. The molecule has 5 heteroatoms. The fourth-order valence-electron chi connectivity index (χ4n) is 3.35. The van der Waals surface area contributed by atoms with Gasteiger partial charge in [0.05, 0.1) is 6.20 Å². The predicted octanol–water partition coefficient (Wildman–Crippen LogP) is 1.92. The summed E-state index contributed by atoms with van der Waals surface area (Å²) in [7, 11) is 1.89. The van der Waals surface area contributed by atoms with Crippen LogP contribution in [0, 0.1) is 0 Å². The minimum Gasteiger partial charge on any atom is -0.352 e. The van der Waals surface area contributed by atoms with E-state index in [0.717, 1.165) is 38.0 Å². The van der Waals surface area contributed by atoms with Crippen LogP contribution >= 0.6 is 0 Å². The van der Waals surface area contributed by atoms with Gasteiger partial charge in [0.15, 0.2) is 0 Å². The van der Waals surface area contributed by atoms with Gasteiger partial charge in [0, 0.05) is 45.3 Å². The maximum Gasteiger partial charge on any atom is 0.220 e. The van der Waals surface area contributed by atoms with Crippen molar-refractivity contribution in [2.75, 3.05) is 13.1 Å². The average molecular weight is 326 g/mol. The van der Waals surface area contributed by atoms with Crippen molar-refractivity contribution in [1.82, 2.24) is 20.0 Å². The van der Waals surface area contributed by atoms with Crippen LogP contribution in [0.5, 0.6) is 0 Å². The Kier molecular flexibility index (Phi) is 5.30. The number of benzene rings is 1. The van der Waals surface area contributed by atoms with E-state index < -0.39 is 0 Å². The van der Waals surface area contributed by atoms with Crippen LogP contribution < -0.4 is 5.32 Å². The Morgan fingerprint density at radius 1 is 1.33 bits per heavy atom. The molecule has 0 aliphatic carbocycles. The summed E-state index contributed by atoms with van der Waals surface area (Å²) in [6.45, 7) is 5.02. The summed E-state index contributed by atoms with van der Waals surface area (Å²) in [5, 5.41) is 7.25. The molecule has 0 radical (unpaired) electrons. The number of nitrogens with one attached hydrogen (secondary N) is 1. The molecule has 24 heavy (non-hydrogen) atoms. The van der Waals surface area contributed by atoms with Gasteiger partial charge in [-0.1, -0.05) is 24.3 Å². The van der Waals surface area contributed by atoms with Crippen molar-refractivity contribution in [2.24, 2.45) is 7.05 Å². The van der Waals surface area contributed by atoms with Gasteiger partial charge in [-0.2, -0.15) is 5.10 Å². The molecule has 0 unspecified atom stereocenters. The lowest BCUT2D eigenvalue weighted by Crippen LogP contribution is -2.43. The molecule has 1 atom stereocenters. The van der Waals surface area contributed by atoms with Crippen LogP contribution in [0.15, 0.2) is 36.7 Å². The largest absolute Gasteiger partial charge is 0.352 e. The molecule has 0 spiro atoms. The summed E-state index contributed by atoms with van der Waals surface area (Å²) in [6.07, 6.45) is 6.13. The number of carbonyl (C=O) groups is 1. The minimum absolute atomic E-state index is 0.115. The number of carbonyl (C=O) groups excluding carboxylic acids is 1. The van der Waals surface area contributed by atoms with E-state index in [2.05, 4.69) is 46.5 Å². The first kappa shape index (κ1) is 16.7. The average Bonchev–Trinajstić information content (AvgIpc) is 2.98. The third-order valence-corrected chi connectivity index (χ3v) is 4.55. The van der Waals surface area contributed by atoms with Gasteiger partial charge < -0.3 is 5.32 Å². The molecule has 2 heterocycles. The molecule has 0 saturated carbocycles. The van der Waals surface area contributed by atoms with Crippen LogP contribution in [0.3, 0.4) is 0 Å². The molecule has 1 aromatic heterocycles. The van der Waals surface area contributed by atoms with E-state index in [1.54, 1.807) is 4.68 Å². The highest BCUT2D eigenvalue weighted by atomic mass is 16.1. The first-order valence-corrected chi connectivity index (χ1v) is 8.66. The fourth-order valence-corrected chi connectivity index (χ4v) is 3.35. The van der Waals surface area contributed by atoms with Crippen LogP contribution in [0.4, 0.5) is 0 Å². The van der Waals surface area contributed by atoms with Crippen molar-refractivity contribution in [1.29, 1.82) is 0 Å². The van der Waals surface area contributed by atoms with Crippen molar-refractivity contribution in [3.63, 3.8) is 0 Å². The summed E-state index contributed by atoms with van der Waals surface area (Å²) < 4.78 is 1.77. The number of hydrogen-bond donors (Lipinski definition) is 1. The number of aryl methyl sites for hydroxylation is 2. The van der Waals surface area contributed by atoms with Crippen LogP contribution in [0.1, 0.15) is 30.0 Å². The first-order valence-electron chi connectivity index (χ1n) is 8.66. The third-order valence-electron chi connectivity index (χ3n) is 4.55. The van der Waals surface area contributed by atoms with E-state index >= 15 is 0 Å². The second kappa shape index (κ2) is 7.62. The van der Waals surface area contributed by atoms with Gasteiger partial charge in [0.25, 0.3) is 0 Å². The third kappa shape index (κ3) is 4.45. The molecule has 1 aliphatic heterocycles. The van der Waals surface area contributed by atoms with Crippen LogP contribution in [0.2, 0.25) is 0 Å². The maximum absolute atomic E-state index is 12.1. The molecule has 2 aromatic rings. The van der Waals surface area contributed by atoms with Gasteiger partial charge in [0.2, 0.25) is 5.91 Å². The van der Waals surface area contributed by atoms with Crippen LogP contribution in [-0.4, -0.2) is 39.7 Å². The summed E-state index contributed by atoms with van der Waals surface area (Å²) in [5.41, 5.74) is 3.98. The van der Waals surface area contributed by atoms with Gasteiger partial charge in [-0.25, -0.2) is 0 Å². The Labute approximate surface area is 143 Å². The van der Waals surface area contributed by atoms with Gasteiger partial charge in [-0.3, -0.25) is 14.4 Å². The number of hydrogen-bond acceptors (Lipinski definition) is 3. The Morgan fingerprint density at radius 2 is 2.12 bits per heavy atom. The number of rotatable bonds is 6. The number of aromatic nitrogens is 2. The van der Waals surface area contributed by atoms with E-state index in [9.17, 15) is 4.79 Å². The van der Waals surface area contributed by atoms with Gasteiger partial charge in [-0.05, 0) is 36.5 Å². The Hall–Kier alpha value is -2.14. The summed E-state index contributed by atoms with van der Waals surface area (Å²) >= 11 is 0. The molecule has 1 amide bonds. The zero-order chi connectivity index (χ0) is 16.9. The van der Waals surface area contributed by atoms with Crippen LogP contribution in [-0.2, 0) is 31.2 Å². The fraction of sp³-hybridized carbons (Fsp3) is 0.474. The molecular weight excluding hydrogens is 300 g/mol. The molecule has 1 aliphatic rings. The molecule has 1 N–H and O–H groups in total. The highest BCUT2D eigenvalue weighted by Gasteiger charge is 2.18. The Balaban J connectivity index is 1.42. The van der Waals surface area contributed by atoms with E-state index in [1.807, 2.05) is 19.4 Å².